The van der Waals surface area contributed by atoms with Gasteiger partial charge in [-0.05, 0) is 129 Å². The van der Waals surface area contributed by atoms with Crippen molar-refractivity contribution in [1.29, 1.82) is 0 Å². The van der Waals surface area contributed by atoms with Crippen LogP contribution in [0.4, 0.5) is 0 Å². The summed E-state index contributed by atoms with van der Waals surface area (Å²) in [7, 11) is 2.15. The summed E-state index contributed by atoms with van der Waals surface area (Å²) in [6.45, 7) is 8.91. The second kappa shape index (κ2) is 11.9. The van der Waals surface area contributed by atoms with Gasteiger partial charge in [-0.15, -0.1) is 0 Å². The lowest BCUT2D eigenvalue weighted by Crippen LogP contribution is -2.60. The van der Waals surface area contributed by atoms with E-state index < -0.39 is 18.0 Å². The van der Waals surface area contributed by atoms with E-state index in [9.17, 15) is 9.59 Å². The summed E-state index contributed by atoms with van der Waals surface area (Å²) in [5.41, 5.74) is 0.846. The van der Waals surface area contributed by atoms with Crippen LogP contribution < -0.4 is 0 Å². The Morgan fingerprint density at radius 1 is 0.914 bits per heavy atom. The number of halogens is 2. The van der Waals surface area contributed by atoms with E-state index >= 15 is 0 Å². The highest BCUT2D eigenvalue weighted by atomic mass is 127. The first-order valence-corrected chi connectivity index (χ1v) is 13.8. The lowest BCUT2D eigenvalue weighted by molar-refractivity contribution is -0.112. The van der Waals surface area contributed by atoms with Crippen molar-refractivity contribution in [3.8, 4) is 0 Å². The number of carbonyl (C=O) groups is 2. The average molecular weight is 705 g/mol. The molecule has 0 aliphatic carbocycles. The summed E-state index contributed by atoms with van der Waals surface area (Å²) < 4.78 is 19.5. The third-order valence-corrected chi connectivity index (χ3v) is 7.92. The third kappa shape index (κ3) is 7.87. The highest BCUT2D eigenvalue weighted by Crippen LogP contribution is 2.38. The zero-order chi connectivity index (χ0) is 25.8. The summed E-state index contributed by atoms with van der Waals surface area (Å²) in [5, 5.41) is 0. The monoisotopic (exact) mass is 705 g/mol. The zero-order valence-corrected chi connectivity index (χ0v) is 25.2. The van der Waals surface area contributed by atoms with E-state index in [0.29, 0.717) is 11.1 Å². The number of esters is 2. The molecule has 1 fully saturated rings. The highest BCUT2D eigenvalue weighted by Gasteiger charge is 2.43. The summed E-state index contributed by atoms with van der Waals surface area (Å²) in [6, 6.07) is 14.4. The number of nitrogens with zero attached hydrogens (tertiary/aromatic N) is 1. The number of carbonyl (C=O) groups excluding carboxylic acids is 2. The van der Waals surface area contributed by atoms with Crippen LogP contribution in [0.2, 0.25) is 0 Å². The van der Waals surface area contributed by atoms with Crippen LogP contribution in [0.5, 0.6) is 0 Å². The van der Waals surface area contributed by atoms with E-state index in [1.54, 1.807) is 30.3 Å². The van der Waals surface area contributed by atoms with Crippen molar-refractivity contribution >= 4 is 57.1 Å². The molecule has 0 amide bonds. The van der Waals surface area contributed by atoms with E-state index in [4.69, 9.17) is 14.2 Å². The molecule has 0 N–H and O–H groups in total. The molecule has 0 saturated carbocycles. The van der Waals surface area contributed by atoms with Crippen molar-refractivity contribution in [1.82, 2.24) is 4.90 Å². The second-order valence-corrected chi connectivity index (χ2v) is 12.7. The molecule has 1 atom stereocenters. The fraction of sp³-hybridized carbons (Fsp3) is 0.481. The summed E-state index contributed by atoms with van der Waals surface area (Å²) in [4.78, 5) is 27.8. The molecule has 0 bridgehead atoms. The molecule has 1 aliphatic rings. The zero-order valence-electron chi connectivity index (χ0n) is 20.8. The smallest absolute Gasteiger partial charge is 0.338 e. The molecule has 2 aromatic carbocycles. The third-order valence-electron chi connectivity index (χ3n) is 6.58. The van der Waals surface area contributed by atoms with Crippen LogP contribution >= 0.6 is 45.2 Å². The van der Waals surface area contributed by atoms with E-state index in [2.05, 4.69) is 84.8 Å². The number of hydrogen-bond donors (Lipinski definition) is 0. The van der Waals surface area contributed by atoms with Crippen LogP contribution in [0.1, 0.15) is 61.3 Å². The average Bonchev–Trinajstić information content (AvgIpc) is 2.78. The van der Waals surface area contributed by atoms with Gasteiger partial charge in [0.2, 0.25) is 0 Å². The molecule has 2 aromatic rings. The van der Waals surface area contributed by atoms with E-state index in [0.717, 1.165) is 20.0 Å². The van der Waals surface area contributed by atoms with Gasteiger partial charge in [-0.3, -0.25) is 4.90 Å². The molecule has 1 heterocycles. The van der Waals surface area contributed by atoms with Gasteiger partial charge in [-0.25, -0.2) is 9.59 Å². The Morgan fingerprint density at radius 2 is 1.43 bits per heavy atom. The predicted octanol–water partition coefficient (Wildman–Crippen LogP) is 5.95. The summed E-state index contributed by atoms with van der Waals surface area (Å²) >= 11 is 4.30. The molecule has 1 aliphatic heterocycles. The topological polar surface area (TPSA) is 65.1 Å². The molecule has 6 nitrogen and oxygen atoms in total. The normalized spacial score (nSPS) is 18.6. The lowest BCUT2D eigenvalue weighted by atomic mass is 9.79. The number of hydrogen-bond acceptors (Lipinski definition) is 6. The van der Waals surface area contributed by atoms with Gasteiger partial charge in [0.15, 0.2) is 6.10 Å². The Balaban J connectivity index is 1.69. The molecule has 3 rings (SSSR count). The Hall–Kier alpha value is -1.24. The highest BCUT2D eigenvalue weighted by molar-refractivity contribution is 14.1. The van der Waals surface area contributed by atoms with Gasteiger partial charge < -0.3 is 14.2 Å². The van der Waals surface area contributed by atoms with E-state index in [1.807, 2.05) is 18.2 Å². The standard InChI is InChI=1S/C27H33I2NO5/c1-26(2)14-22(15-27(3,4)30(26)5)33-16-23(35-25(32)19-9-7-11-21(29)13-19)17-34-24(31)18-8-6-10-20(28)12-18/h6-13,22-23H,14-17H2,1-5H3. The van der Waals surface area contributed by atoms with Gasteiger partial charge in [-0.2, -0.15) is 0 Å². The Labute approximate surface area is 235 Å². The minimum Gasteiger partial charge on any atom is -0.458 e. The molecule has 8 heteroatoms. The SMILES string of the molecule is CN1C(C)(C)CC(OCC(COC(=O)c2cccc(I)c2)OC(=O)c2cccc(I)c2)CC1(C)C. The van der Waals surface area contributed by atoms with Crippen LogP contribution in [0, 0.1) is 7.14 Å². The lowest BCUT2D eigenvalue weighted by Gasteiger charge is -2.53. The molecule has 1 unspecified atom stereocenters. The summed E-state index contributed by atoms with van der Waals surface area (Å²) in [6.07, 6.45) is 0.985. The van der Waals surface area contributed by atoms with Gasteiger partial charge >= 0.3 is 11.9 Å². The van der Waals surface area contributed by atoms with Crippen molar-refractivity contribution in [3.63, 3.8) is 0 Å². The second-order valence-electron chi connectivity index (χ2n) is 10.2. The molecular formula is C27H33I2NO5. The number of piperidine rings is 1. The molecule has 1 saturated heterocycles. The van der Waals surface area contributed by atoms with Crippen molar-refractivity contribution in [2.75, 3.05) is 20.3 Å². The fourth-order valence-corrected chi connectivity index (χ4v) is 5.55. The van der Waals surface area contributed by atoms with Crippen LogP contribution in [0.25, 0.3) is 0 Å². The first-order chi connectivity index (χ1) is 16.4. The maximum Gasteiger partial charge on any atom is 0.338 e. The largest absolute Gasteiger partial charge is 0.458 e. The molecule has 190 valence electrons. The molecule has 0 aromatic heterocycles. The van der Waals surface area contributed by atoms with E-state index in [1.165, 1.54) is 0 Å². The van der Waals surface area contributed by atoms with Crippen LogP contribution in [-0.2, 0) is 14.2 Å². The van der Waals surface area contributed by atoms with Crippen LogP contribution in [0.15, 0.2) is 48.5 Å². The molecular weight excluding hydrogens is 672 g/mol. The molecule has 0 radical (unpaired) electrons. The number of benzene rings is 2. The number of ether oxygens (including phenoxy) is 3. The number of rotatable bonds is 8. The first kappa shape index (κ1) is 28.3. The van der Waals surface area contributed by atoms with Gasteiger partial charge in [0.1, 0.15) is 6.61 Å². The molecule has 35 heavy (non-hydrogen) atoms. The fourth-order valence-electron chi connectivity index (χ4n) is 4.46. The van der Waals surface area contributed by atoms with Crippen LogP contribution in [0.3, 0.4) is 0 Å². The van der Waals surface area contributed by atoms with E-state index in [-0.39, 0.29) is 30.4 Å². The quantitative estimate of drug-likeness (QED) is 0.250. The van der Waals surface area contributed by atoms with Crippen molar-refractivity contribution in [3.05, 3.63) is 66.8 Å². The van der Waals surface area contributed by atoms with Gasteiger partial charge in [0.05, 0.1) is 23.8 Å². The maximum absolute atomic E-state index is 12.8. The van der Waals surface area contributed by atoms with Crippen molar-refractivity contribution in [2.24, 2.45) is 0 Å². The Morgan fingerprint density at radius 3 is 1.94 bits per heavy atom. The minimum absolute atomic E-state index is 0.00137. The first-order valence-electron chi connectivity index (χ1n) is 11.6. The predicted molar refractivity (Wildman–Crippen MR) is 153 cm³/mol. The summed E-state index contributed by atoms with van der Waals surface area (Å²) in [5.74, 6) is -0.924. The van der Waals surface area contributed by atoms with Gasteiger partial charge in [0.25, 0.3) is 0 Å². The Kier molecular flexibility index (Phi) is 9.61. The van der Waals surface area contributed by atoms with Gasteiger partial charge in [0, 0.05) is 18.2 Å². The number of likely N-dealkylation sites (tertiary alicyclic amines) is 1. The molecule has 0 spiro atoms. The maximum atomic E-state index is 12.8. The van der Waals surface area contributed by atoms with Gasteiger partial charge in [-0.1, -0.05) is 12.1 Å². The van der Waals surface area contributed by atoms with Crippen molar-refractivity contribution < 1.29 is 23.8 Å². The minimum atomic E-state index is -0.724. The Bertz CT molecular complexity index is 1040. The van der Waals surface area contributed by atoms with Crippen LogP contribution in [-0.4, -0.2) is 60.4 Å². The van der Waals surface area contributed by atoms with Crippen molar-refractivity contribution in [2.45, 2.75) is 63.8 Å².